The van der Waals surface area contributed by atoms with Crippen LogP contribution >= 0.6 is 15.6 Å². The number of phosphoric acid groups is 2. The molecule has 0 atom stereocenters. The van der Waals surface area contributed by atoms with Crippen molar-refractivity contribution in [1.29, 1.82) is 0 Å². The second-order valence-electron chi connectivity index (χ2n) is 0.976. The molecule has 0 aliphatic rings. The average molecular weight is 292 g/mol. The Bertz CT molecular complexity index is 157. The third-order valence-corrected chi connectivity index (χ3v) is 1.80. The molecule has 0 heterocycles. The zero-order valence-electron chi connectivity index (χ0n) is 4.40. The van der Waals surface area contributed by atoms with Gasteiger partial charge in [0.05, 0.1) is 15.6 Å². The maximum atomic E-state index is 9.32. The first-order valence-electron chi connectivity index (χ1n) is 1.46. The van der Waals surface area contributed by atoms with Crippen molar-refractivity contribution >= 4 is 15.6 Å². The molecule has 0 N–H and O–H groups in total. The monoisotopic (exact) mass is 291 g/mol. The summed E-state index contributed by atoms with van der Waals surface area (Å²) in [5.41, 5.74) is 0. The van der Waals surface area contributed by atoms with Crippen molar-refractivity contribution in [2.45, 2.75) is 0 Å². The second-order valence-corrected chi connectivity index (χ2v) is 3.42. The fourth-order valence-electron chi connectivity index (χ4n) is 0.122. The van der Waals surface area contributed by atoms with E-state index in [1.54, 1.807) is 0 Å². The van der Waals surface area contributed by atoms with E-state index in [4.69, 9.17) is 0 Å². The second kappa shape index (κ2) is 5.83. The van der Waals surface area contributed by atoms with Crippen LogP contribution in [-0.2, 0) is 46.7 Å². The summed E-state index contributed by atoms with van der Waals surface area (Å²) in [6.45, 7) is 0. The molecule has 0 bridgehead atoms. The van der Waals surface area contributed by atoms with Crippen LogP contribution in [0.3, 0.4) is 0 Å². The van der Waals surface area contributed by atoms with Gasteiger partial charge in [-0.3, -0.25) is 0 Å². The number of hydrogen-bond acceptors (Lipinski definition) is 7. The molecule has 0 amide bonds. The van der Waals surface area contributed by atoms with E-state index in [2.05, 4.69) is 4.31 Å². The third-order valence-electron chi connectivity index (χ3n) is 0.200. The molecule has 0 aromatic rings. The number of hydrogen-bond donors (Lipinski definition) is 0. The van der Waals surface area contributed by atoms with Crippen molar-refractivity contribution in [1.82, 2.24) is 0 Å². The van der Waals surface area contributed by atoms with Crippen LogP contribution in [0.2, 0.25) is 0 Å². The smallest absolute Gasteiger partial charge is 0.790 e. The molecule has 0 aliphatic heterocycles. The van der Waals surface area contributed by atoms with Gasteiger partial charge >= 0.3 is 33.3 Å². The molecule has 71 valence electrons. The summed E-state index contributed by atoms with van der Waals surface area (Å²) < 4.78 is 21.2. The van der Waals surface area contributed by atoms with Gasteiger partial charge in [-0.05, 0) is 0 Å². The molecule has 11 heavy (non-hydrogen) atoms. The predicted octanol–water partition coefficient (Wildman–Crippen LogP) is -3.34. The van der Waals surface area contributed by atoms with E-state index in [-0.39, 0.29) is 33.3 Å². The standard InChI is InChI=1S/Co.Ni.H4O7P2/c;;1-8(2,3)7-9(4,5)6/h;;(H2,1,2,3)(H2,4,5,6)/q2*+2;/p-4. The van der Waals surface area contributed by atoms with Gasteiger partial charge in [-0.15, -0.1) is 0 Å². The molecule has 0 aromatic heterocycles. The Hall–Kier alpha value is 1.26. The first-order valence-corrected chi connectivity index (χ1v) is 4.38. The van der Waals surface area contributed by atoms with Gasteiger partial charge in [-0.2, -0.15) is 0 Å². The Labute approximate surface area is 82.1 Å². The Balaban J connectivity index is -0.000000320. The van der Waals surface area contributed by atoms with Crippen LogP contribution in [-0.4, -0.2) is 0 Å². The molecule has 1 radical (unpaired) electrons. The number of rotatable bonds is 2. The minimum absolute atomic E-state index is 0. The maximum Gasteiger partial charge on any atom is 2.00 e. The summed E-state index contributed by atoms with van der Waals surface area (Å²) >= 11 is 0. The minimum atomic E-state index is -5.68. The van der Waals surface area contributed by atoms with E-state index in [1.165, 1.54) is 0 Å². The average Bonchev–Trinajstić information content (AvgIpc) is 1.14. The maximum absolute atomic E-state index is 9.32. The van der Waals surface area contributed by atoms with Gasteiger partial charge in [0.2, 0.25) is 0 Å². The molecule has 0 spiro atoms. The van der Waals surface area contributed by atoms with E-state index in [0.717, 1.165) is 0 Å². The van der Waals surface area contributed by atoms with Gasteiger partial charge < -0.3 is 33.0 Å². The molecule has 0 saturated carbocycles. The van der Waals surface area contributed by atoms with E-state index in [1.807, 2.05) is 0 Å². The molecule has 11 heteroatoms. The summed E-state index contributed by atoms with van der Waals surface area (Å²) in [6.07, 6.45) is 0. The molecule has 0 rings (SSSR count). The molecule has 0 aromatic carbocycles. The van der Waals surface area contributed by atoms with Crippen LogP contribution < -0.4 is 19.6 Å². The van der Waals surface area contributed by atoms with Crippen molar-refractivity contribution in [3.63, 3.8) is 0 Å². The van der Waals surface area contributed by atoms with Crippen LogP contribution in [0.15, 0.2) is 0 Å². The predicted molar refractivity (Wildman–Crippen MR) is 16.3 cm³/mol. The summed E-state index contributed by atoms with van der Waals surface area (Å²) in [7, 11) is -11.4. The van der Waals surface area contributed by atoms with Gasteiger partial charge in [0, 0.05) is 0 Å². The van der Waals surface area contributed by atoms with E-state index < -0.39 is 15.6 Å². The molecular formula is CoNiO7P2. The Kier molecular flexibility index (Phi) is 9.61. The van der Waals surface area contributed by atoms with Crippen LogP contribution in [0.1, 0.15) is 0 Å². The van der Waals surface area contributed by atoms with Gasteiger partial charge in [-0.1, -0.05) is 0 Å². The molecular weight excluding hydrogens is 292 g/mol. The van der Waals surface area contributed by atoms with Gasteiger partial charge in [-0.25, -0.2) is 0 Å². The van der Waals surface area contributed by atoms with Crippen LogP contribution in [0, 0.1) is 0 Å². The zero-order chi connectivity index (χ0) is 7.71. The minimum Gasteiger partial charge on any atom is -0.790 e. The summed E-state index contributed by atoms with van der Waals surface area (Å²) in [4.78, 5) is 37.3. The van der Waals surface area contributed by atoms with Crippen molar-refractivity contribution < 1.29 is 66.3 Å². The summed E-state index contributed by atoms with van der Waals surface area (Å²) in [5, 5.41) is 0. The third kappa shape index (κ3) is 18.3. The van der Waals surface area contributed by atoms with Crippen molar-refractivity contribution in [2.24, 2.45) is 0 Å². The van der Waals surface area contributed by atoms with Crippen molar-refractivity contribution in [2.75, 3.05) is 0 Å². The first kappa shape index (κ1) is 18.1. The fraction of sp³-hybridized carbons (Fsp3) is 0. The molecule has 7 nitrogen and oxygen atoms in total. The summed E-state index contributed by atoms with van der Waals surface area (Å²) in [6, 6.07) is 0. The largest absolute Gasteiger partial charge is 2.00 e. The Morgan fingerprint density at radius 3 is 1.09 bits per heavy atom. The normalized spacial score (nSPS) is 11.3. The molecule has 0 aliphatic carbocycles. The SMILES string of the molecule is O=P([O-])([O-])OP(=O)([O-])[O-].[Co+2].[Ni+2]. The zero-order valence-corrected chi connectivity index (χ0v) is 8.22. The summed E-state index contributed by atoms with van der Waals surface area (Å²) in [5.74, 6) is 0. The van der Waals surface area contributed by atoms with Crippen molar-refractivity contribution in [3.8, 4) is 0 Å². The Morgan fingerprint density at radius 1 is 0.909 bits per heavy atom. The van der Waals surface area contributed by atoms with Gasteiger partial charge in [0.1, 0.15) is 0 Å². The van der Waals surface area contributed by atoms with Crippen LogP contribution in [0.5, 0.6) is 0 Å². The van der Waals surface area contributed by atoms with Gasteiger partial charge in [0.15, 0.2) is 0 Å². The fourth-order valence-corrected chi connectivity index (χ4v) is 1.10. The van der Waals surface area contributed by atoms with E-state index in [9.17, 15) is 28.7 Å². The molecule has 0 saturated heterocycles. The van der Waals surface area contributed by atoms with E-state index in [0.29, 0.717) is 0 Å². The Morgan fingerprint density at radius 2 is 1.09 bits per heavy atom. The quantitative estimate of drug-likeness (QED) is 0.383. The topological polar surface area (TPSA) is 136 Å². The van der Waals surface area contributed by atoms with E-state index >= 15 is 0 Å². The van der Waals surface area contributed by atoms with Crippen molar-refractivity contribution in [3.05, 3.63) is 0 Å². The molecule has 0 unspecified atom stereocenters. The van der Waals surface area contributed by atoms with Gasteiger partial charge in [0.25, 0.3) is 0 Å². The first-order chi connectivity index (χ1) is 3.71. The molecule has 0 fully saturated rings. The van der Waals surface area contributed by atoms with Crippen LogP contribution in [0.25, 0.3) is 0 Å². The van der Waals surface area contributed by atoms with Crippen LogP contribution in [0.4, 0.5) is 0 Å².